The van der Waals surface area contributed by atoms with Gasteiger partial charge in [0.1, 0.15) is 12.4 Å². The van der Waals surface area contributed by atoms with Crippen LogP contribution in [0.25, 0.3) is 10.9 Å². The third kappa shape index (κ3) is 8.68. The summed E-state index contributed by atoms with van der Waals surface area (Å²) >= 11 is 0. The van der Waals surface area contributed by atoms with Crippen molar-refractivity contribution in [1.29, 1.82) is 0 Å². The monoisotopic (exact) mass is 678 g/mol. The first kappa shape index (κ1) is 35.7. The molecular formula is C30H27Cl2F7N4O2. The first-order valence-corrected chi connectivity index (χ1v) is 13.2. The second kappa shape index (κ2) is 14.5. The largest absolute Gasteiger partial charge is 0.461 e. The summed E-state index contributed by atoms with van der Waals surface area (Å²) in [6, 6.07) is 13.2. The molecule has 0 amide bonds. The predicted octanol–water partition coefficient (Wildman–Crippen LogP) is 7.98. The third-order valence-corrected chi connectivity index (χ3v) is 7.09. The molecule has 1 aliphatic rings. The van der Waals surface area contributed by atoms with E-state index in [0.717, 1.165) is 36.4 Å². The Balaban J connectivity index is 0.00000276. The molecule has 0 unspecified atom stereocenters. The van der Waals surface area contributed by atoms with E-state index in [1.54, 1.807) is 6.07 Å². The van der Waals surface area contributed by atoms with Crippen LogP contribution in [-0.4, -0.2) is 55.2 Å². The molecule has 0 saturated carbocycles. The van der Waals surface area contributed by atoms with E-state index in [4.69, 9.17) is 4.74 Å². The van der Waals surface area contributed by atoms with Crippen LogP contribution in [0.3, 0.4) is 0 Å². The van der Waals surface area contributed by atoms with Crippen molar-refractivity contribution in [3.05, 3.63) is 95.4 Å². The lowest BCUT2D eigenvalue weighted by Crippen LogP contribution is -2.47. The van der Waals surface area contributed by atoms with Gasteiger partial charge in [-0.15, -0.1) is 24.8 Å². The Morgan fingerprint density at radius 3 is 2.20 bits per heavy atom. The zero-order valence-electron chi connectivity index (χ0n) is 23.3. The molecule has 5 rings (SSSR count). The summed E-state index contributed by atoms with van der Waals surface area (Å²) in [7, 11) is 0. The average Bonchev–Trinajstić information content (AvgIpc) is 2.97. The van der Waals surface area contributed by atoms with Crippen LogP contribution in [0.5, 0.6) is 0 Å². The smallest absolute Gasteiger partial charge is 0.416 e. The van der Waals surface area contributed by atoms with E-state index in [2.05, 4.69) is 10.3 Å². The second-order valence-corrected chi connectivity index (χ2v) is 9.92. The van der Waals surface area contributed by atoms with E-state index in [-0.39, 0.29) is 48.2 Å². The van der Waals surface area contributed by atoms with Gasteiger partial charge in [-0.2, -0.15) is 26.3 Å². The number of nitrogens with one attached hydrogen (secondary N) is 1. The third-order valence-electron chi connectivity index (χ3n) is 7.09. The van der Waals surface area contributed by atoms with Gasteiger partial charge in [-0.25, -0.2) is 9.18 Å². The topological polar surface area (TPSA) is 57.7 Å². The number of rotatable bonds is 7. The Kier molecular flexibility index (Phi) is 11.5. The molecule has 1 aromatic heterocycles. The first-order valence-electron chi connectivity index (χ1n) is 13.2. The number of hydrogen-bond donors (Lipinski definition) is 1. The van der Waals surface area contributed by atoms with Gasteiger partial charge in [-0.1, -0.05) is 12.1 Å². The lowest BCUT2D eigenvalue weighted by atomic mass is 10.1. The molecule has 2 heterocycles. The van der Waals surface area contributed by atoms with Crippen LogP contribution in [-0.2, 0) is 17.1 Å². The maximum atomic E-state index is 14.1. The SMILES string of the molecule is Cl.Cl.O=C(OCCN1CCN(c2cccc(C(F)(F)F)c2)CC1)c1cc(F)ccc1Nc1ccnc2cc(C(F)(F)F)ccc12. The minimum absolute atomic E-state index is 0. The van der Waals surface area contributed by atoms with Gasteiger partial charge in [0, 0.05) is 55.7 Å². The summed E-state index contributed by atoms with van der Waals surface area (Å²) in [5.74, 6) is -1.49. The molecule has 0 bridgehead atoms. The molecule has 0 aliphatic carbocycles. The molecule has 0 spiro atoms. The molecule has 1 aliphatic heterocycles. The molecule has 4 aromatic rings. The molecular weight excluding hydrogens is 652 g/mol. The molecule has 6 nitrogen and oxygen atoms in total. The van der Waals surface area contributed by atoms with Crippen molar-refractivity contribution in [3.8, 4) is 0 Å². The molecule has 1 saturated heterocycles. The number of carbonyl (C=O) groups excluding carboxylic acids is 1. The normalized spacial score (nSPS) is 14.0. The zero-order valence-corrected chi connectivity index (χ0v) is 24.9. The zero-order chi connectivity index (χ0) is 30.8. The number of aromatic nitrogens is 1. The molecule has 45 heavy (non-hydrogen) atoms. The maximum Gasteiger partial charge on any atom is 0.416 e. The summed E-state index contributed by atoms with van der Waals surface area (Å²) in [6.45, 7) is 2.38. The first-order chi connectivity index (χ1) is 20.4. The molecule has 0 atom stereocenters. The number of fused-ring (bicyclic) bond motifs is 1. The fourth-order valence-corrected chi connectivity index (χ4v) is 4.83. The molecule has 242 valence electrons. The van der Waals surface area contributed by atoms with Gasteiger partial charge < -0.3 is 15.0 Å². The van der Waals surface area contributed by atoms with E-state index in [9.17, 15) is 35.5 Å². The van der Waals surface area contributed by atoms with Crippen LogP contribution in [0.1, 0.15) is 21.5 Å². The number of esters is 1. The summed E-state index contributed by atoms with van der Waals surface area (Å²) in [5.41, 5.74) is -0.558. The Hall–Kier alpha value is -3.81. The van der Waals surface area contributed by atoms with Gasteiger partial charge in [0.15, 0.2) is 0 Å². The number of anilines is 3. The van der Waals surface area contributed by atoms with Gasteiger partial charge in [0.25, 0.3) is 0 Å². The molecule has 1 fully saturated rings. The Morgan fingerprint density at radius 2 is 1.51 bits per heavy atom. The van der Waals surface area contributed by atoms with Crippen molar-refractivity contribution >= 4 is 58.7 Å². The standard InChI is InChI=1S/C30H25F7N4O2.2ClH/c31-21-5-7-25(39-26-8-9-38-27-17-20(30(35,36)37)4-6-23(26)27)24(18-21)28(42)43-15-14-40-10-12-41(13-11-40)22-3-1-2-19(16-22)29(32,33)34;;/h1-9,16-18H,10-15H2,(H,38,39);2*1H. The van der Waals surface area contributed by atoms with E-state index in [1.807, 2.05) is 9.80 Å². The highest BCUT2D eigenvalue weighted by molar-refractivity contribution is 5.99. The Morgan fingerprint density at radius 1 is 0.822 bits per heavy atom. The number of pyridine rings is 1. The predicted molar refractivity (Wildman–Crippen MR) is 161 cm³/mol. The number of halogens is 9. The van der Waals surface area contributed by atoms with Crippen LogP contribution in [0, 0.1) is 5.82 Å². The highest BCUT2D eigenvalue weighted by atomic mass is 35.5. The van der Waals surface area contributed by atoms with Crippen molar-refractivity contribution in [2.75, 3.05) is 49.5 Å². The quantitative estimate of drug-likeness (QED) is 0.158. The number of alkyl halides is 6. The lowest BCUT2D eigenvalue weighted by Gasteiger charge is -2.36. The van der Waals surface area contributed by atoms with Crippen LogP contribution in [0.15, 0.2) is 72.9 Å². The number of piperazine rings is 1. The molecule has 15 heteroatoms. The summed E-state index contributed by atoms with van der Waals surface area (Å²) in [5, 5.41) is 3.34. The minimum Gasteiger partial charge on any atom is -0.461 e. The maximum absolute atomic E-state index is 14.1. The number of ether oxygens (including phenoxy) is 1. The van der Waals surface area contributed by atoms with Crippen molar-refractivity contribution in [2.45, 2.75) is 12.4 Å². The number of hydrogen-bond acceptors (Lipinski definition) is 6. The van der Waals surface area contributed by atoms with Crippen molar-refractivity contribution < 1.29 is 40.3 Å². The number of nitrogens with zero attached hydrogens (tertiary/aromatic N) is 3. The van der Waals surface area contributed by atoms with Crippen molar-refractivity contribution in [2.24, 2.45) is 0 Å². The van der Waals surface area contributed by atoms with Gasteiger partial charge >= 0.3 is 18.3 Å². The molecule has 3 aromatic carbocycles. The fraction of sp³-hybridized carbons (Fsp3) is 0.267. The van der Waals surface area contributed by atoms with E-state index >= 15 is 0 Å². The summed E-state index contributed by atoms with van der Waals surface area (Å²) < 4.78 is 98.1. The van der Waals surface area contributed by atoms with E-state index in [1.165, 1.54) is 30.5 Å². The van der Waals surface area contributed by atoms with Gasteiger partial charge in [0.2, 0.25) is 0 Å². The van der Waals surface area contributed by atoms with Crippen molar-refractivity contribution in [1.82, 2.24) is 9.88 Å². The van der Waals surface area contributed by atoms with Crippen molar-refractivity contribution in [3.63, 3.8) is 0 Å². The summed E-state index contributed by atoms with van der Waals surface area (Å²) in [6.07, 6.45) is -7.64. The highest BCUT2D eigenvalue weighted by Crippen LogP contribution is 2.34. The average molecular weight is 679 g/mol. The fourth-order valence-electron chi connectivity index (χ4n) is 4.83. The van der Waals surface area contributed by atoms with E-state index in [0.29, 0.717) is 49.5 Å². The Labute approximate surface area is 266 Å². The van der Waals surface area contributed by atoms with Crippen LogP contribution in [0.4, 0.5) is 47.8 Å². The van der Waals surface area contributed by atoms with Crippen LogP contribution in [0.2, 0.25) is 0 Å². The van der Waals surface area contributed by atoms with Crippen LogP contribution >= 0.6 is 24.8 Å². The number of benzene rings is 3. The molecule has 0 radical (unpaired) electrons. The van der Waals surface area contributed by atoms with Gasteiger partial charge in [0.05, 0.1) is 27.9 Å². The molecule has 1 N–H and O–H groups in total. The number of carbonyl (C=O) groups is 1. The van der Waals surface area contributed by atoms with Gasteiger partial charge in [-0.3, -0.25) is 9.88 Å². The summed E-state index contributed by atoms with van der Waals surface area (Å²) in [4.78, 5) is 20.8. The van der Waals surface area contributed by atoms with E-state index < -0.39 is 35.3 Å². The minimum atomic E-state index is -4.54. The second-order valence-electron chi connectivity index (χ2n) is 9.92. The van der Waals surface area contributed by atoms with Crippen LogP contribution < -0.4 is 10.2 Å². The Bertz CT molecular complexity index is 1630. The lowest BCUT2D eigenvalue weighted by molar-refractivity contribution is -0.138. The highest BCUT2D eigenvalue weighted by Gasteiger charge is 2.32. The van der Waals surface area contributed by atoms with Gasteiger partial charge in [-0.05, 0) is 54.6 Å².